The van der Waals surface area contributed by atoms with E-state index in [0.717, 1.165) is 0 Å². The Morgan fingerprint density at radius 2 is 2.00 bits per heavy atom. The molecule has 3 nitrogen and oxygen atoms in total. The molecular weight excluding hydrogens is 238 g/mol. The molecule has 0 aliphatic carbocycles. The largest absolute Gasteiger partial charge is 0.226 e. The van der Waals surface area contributed by atoms with Gasteiger partial charge in [0.2, 0.25) is 4.73 Å². The summed E-state index contributed by atoms with van der Waals surface area (Å²) in [6.45, 7) is 0. The fourth-order valence-corrected chi connectivity index (χ4v) is 0.611. The molecule has 0 saturated heterocycles. The summed E-state index contributed by atoms with van der Waals surface area (Å²) in [6, 6.07) is 0. The average molecular weight is 239 g/mol. The first-order chi connectivity index (χ1) is 3.79. The van der Waals surface area contributed by atoms with E-state index in [1.165, 1.54) is 0 Å². The Kier molecular flexibility index (Phi) is 1.90. The fraction of sp³-hybridized carbons (Fsp3) is 0. The summed E-state index contributed by atoms with van der Waals surface area (Å²) in [4.78, 5) is 3.77. The molecule has 0 aliphatic rings. The van der Waals surface area contributed by atoms with Crippen molar-refractivity contribution in [2.45, 2.75) is 0 Å². The van der Waals surface area contributed by atoms with E-state index < -0.39 is 0 Å². The van der Waals surface area contributed by atoms with Crippen LogP contribution in [0.5, 0.6) is 0 Å². The molecule has 0 radical (unpaired) electrons. The van der Waals surface area contributed by atoms with Crippen LogP contribution in [0.2, 0.25) is 0 Å². The van der Waals surface area contributed by atoms with Gasteiger partial charge in [-0.3, -0.25) is 0 Å². The molecule has 1 heterocycles. The van der Waals surface area contributed by atoms with E-state index in [2.05, 4.69) is 47.0 Å². The van der Waals surface area contributed by atoms with Gasteiger partial charge in [0.1, 0.15) is 4.60 Å². The Hall–Kier alpha value is -0.0300. The van der Waals surface area contributed by atoms with Gasteiger partial charge in [-0.15, -0.1) is 10.2 Å². The van der Waals surface area contributed by atoms with Crippen LogP contribution in [0.3, 0.4) is 0 Å². The Balaban J connectivity index is 3.03. The van der Waals surface area contributed by atoms with Crippen molar-refractivity contribution < 1.29 is 0 Å². The molecule has 5 heteroatoms. The smallest absolute Gasteiger partial charge is 0.217 e. The highest BCUT2D eigenvalue weighted by Crippen LogP contribution is 2.02. The number of hydrogen-bond acceptors (Lipinski definition) is 3. The third kappa shape index (κ3) is 1.48. The summed E-state index contributed by atoms with van der Waals surface area (Å²) in [7, 11) is 0. The standard InChI is InChI=1S/C3HBr2N3/c4-2-1-6-3(5)8-7-2/h1H. The van der Waals surface area contributed by atoms with E-state index in [0.29, 0.717) is 9.34 Å². The van der Waals surface area contributed by atoms with Gasteiger partial charge < -0.3 is 0 Å². The van der Waals surface area contributed by atoms with Gasteiger partial charge in [0, 0.05) is 0 Å². The minimum absolute atomic E-state index is 0.501. The van der Waals surface area contributed by atoms with Crippen LogP contribution < -0.4 is 0 Å². The predicted molar refractivity (Wildman–Crippen MR) is 35.2 cm³/mol. The zero-order valence-electron chi connectivity index (χ0n) is 3.67. The summed E-state index contributed by atoms with van der Waals surface area (Å²) >= 11 is 6.13. The number of aromatic nitrogens is 3. The summed E-state index contributed by atoms with van der Waals surface area (Å²) in [5.74, 6) is 0. The minimum Gasteiger partial charge on any atom is -0.226 e. The van der Waals surface area contributed by atoms with Crippen molar-refractivity contribution in [1.29, 1.82) is 0 Å². The minimum atomic E-state index is 0.501. The molecule has 0 unspecified atom stereocenters. The van der Waals surface area contributed by atoms with E-state index >= 15 is 0 Å². The number of rotatable bonds is 0. The predicted octanol–water partition coefficient (Wildman–Crippen LogP) is 1.40. The molecule has 8 heavy (non-hydrogen) atoms. The van der Waals surface area contributed by atoms with Gasteiger partial charge in [-0.25, -0.2) is 4.98 Å². The molecule has 0 fully saturated rings. The molecule has 0 N–H and O–H groups in total. The van der Waals surface area contributed by atoms with E-state index in [4.69, 9.17) is 0 Å². The molecular formula is C3HBr2N3. The maximum Gasteiger partial charge on any atom is 0.217 e. The van der Waals surface area contributed by atoms with Gasteiger partial charge in [0.05, 0.1) is 6.20 Å². The zero-order chi connectivity index (χ0) is 5.98. The van der Waals surface area contributed by atoms with E-state index in [1.807, 2.05) is 0 Å². The lowest BCUT2D eigenvalue weighted by atomic mass is 10.9. The SMILES string of the molecule is Brc1cnc(Br)nn1. The van der Waals surface area contributed by atoms with Gasteiger partial charge in [0.25, 0.3) is 0 Å². The van der Waals surface area contributed by atoms with Crippen molar-refractivity contribution in [3.05, 3.63) is 15.5 Å². The second kappa shape index (κ2) is 2.50. The molecule has 0 bridgehead atoms. The van der Waals surface area contributed by atoms with Crippen LogP contribution in [0.25, 0.3) is 0 Å². The van der Waals surface area contributed by atoms with E-state index in [1.54, 1.807) is 6.20 Å². The highest BCUT2D eigenvalue weighted by Gasteiger charge is 1.87. The number of halogens is 2. The Bertz CT molecular complexity index is 151. The maximum absolute atomic E-state index is 3.77. The number of nitrogens with zero attached hydrogens (tertiary/aromatic N) is 3. The normalized spacial score (nSPS) is 9.25. The zero-order valence-corrected chi connectivity index (χ0v) is 6.85. The molecule has 0 spiro atoms. The molecule has 1 aromatic heterocycles. The lowest BCUT2D eigenvalue weighted by molar-refractivity contribution is 0.913. The van der Waals surface area contributed by atoms with Gasteiger partial charge >= 0.3 is 0 Å². The average Bonchev–Trinajstić information content (AvgIpc) is 1.77. The Morgan fingerprint density at radius 1 is 1.25 bits per heavy atom. The van der Waals surface area contributed by atoms with Gasteiger partial charge in [-0.1, -0.05) is 0 Å². The van der Waals surface area contributed by atoms with Crippen LogP contribution in [0, 0.1) is 0 Å². The lowest BCUT2D eigenvalue weighted by Crippen LogP contribution is -1.84. The molecule has 1 aromatic rings. The molecule has 0 amide bonds. The first-order valence-corrected chi connectivity index (χ1v) is 3.38. The lowest BCUT2D eigenvalue weighted by Gasteiger charge is -1.83. The first kappa shape index (κ1) is 6.10. The van der Waals surface area contributed by atoms with E-state index in [-0.39, 0.29) is 0 Å². The molecule has 42 valence electrons. The Morgan fingerprint density at radius 3 is 2.38 bits per heavy atom. The highest BCUT2D eigenvalue weighted by molar-refractivity contribution is 9.10. The molecule has 0 atom stereocenters. The van der Waals surface area contributed by atoms with Gasteiger partial charge in [-0.2, -0.15) is 0 Å². The van der Waals surface area contributed by atoms with Crippen LogP contribution in [0.15, 0.2) is 15.5 Å². The van der Waals surface area contributed by atoms with Crippen molar-refractivity contribution in [1.82, 2.24) is 15.2 Å². The maximum atomic E-state index is 3.77. The fourth-order valence-electron chi connectivity index (χ4n) is 0.247. The van der Waals surface area contributed by atoms with Crippen molar-refractivity contribution in [2.75, 3.05) is 0 Å². The molecule has 0 aromatic carbocycles. The second-order valence-corrected chi connectivity index (χ2v) is 2.57. The van der Waals surface area contributed by atoms with Gasteiger partial charge in [-0.05, 0) is 31.9 Å². The third-order valence-electron chi connectivity index (χ3n) is 0.506. The second-order valence-electron chi connectivity index (χ2n) is 1.05. The molecule has 1 rings (SSSR count). The molecule has 0 aliphatic heterocycles. The first-order valence-electron chi connectivity index (χ1n) is 1.80. The highest BCUT2D eigenvalue weighted by atomic mass is 79.9. The quantitative estimate of drug-likeness (QED) is 0.686. The Labute approximate surface area is 62.8 Å². The van der Waals surface area contributed by atoms with Crippen LogP contribution in [-0.4, -0.2) is 15.2 Å². The summed E-state index contributed by atoms with van der Waals surface area (Å²) < 4.78 is 1.14. The van der Waals surface area contributed by atoms with Gasteiger partial charge in [0.15, 0.2) is 0 Å². The summed E-state index contributed by atoms with van der Waals surface area (Å²) in [5.41, 5.74) is 0. The van der Waals surface area contributed by atoms with Crippen LogP contribution >= 0.6 is 31.9 Å². The molecule has 0 saturated carbocycles. The van der Waals surface area contributed by atoms with Crippen LogP contribution in [0.4, 0.5) is 0 Å². The van der Waals surface area contributed by atoms with Crippen molar-refractivity contribution >= 4 is 31.9 Å². The topological polar surface area (TPSA) is 38.7 Å². The number of hydrogen-bond donors (Lipinski definition) is 0. The summed E-state index contributed by atoms with van der Waals surface area (Å²) in [6.07, 6.45) is 1.57. The van der Waals surface area contributed by atoms with E-state index in [9.17, 15) is 0 Å². The monoisotopic (exact) mass is 237 g/mol. The van der Waals surface area contributed by atoms with Crippen LogP contribution in [-0.2, 0) is 0 Å². The van der Waals surface area contributed by atoms with Crippen molar-refractivity contribution in [3.63, 3.8) is 0 Å². The summed E-state index contributed by atoms with van der Waals surface area (Å²) in [5, 5.41) is 7.22. The van der Waals surface area contributed by atoms with Crippen molar-refractivity contribution in [2.24, 2.45) is 0 Å². The van der Waals surface area contributed by atoms with Crippen LogP contribution in [0.1, 0.15) is 0 Å². The van der Waals surface area contributed by atoms with Crippen molar-refractivity contribution in [3.8, 4) is 0 Å². The third-order valence-corrected chi connectivity index (χ3v) is 1.23.